The SMILES string of the molecule is COc1ccc(-c2c(C)nn3cccnc23)c(F)c1. The Morgan fingerprint density at radius 3 is 2.89 bits per heavy atom. The van der Waals surface area contributed by atoms with Crippen LogP contribution in [-0.4, -0.2) is 21.7 Å². The van der Waals surface area contributed by atoms with Gasteiger partial charge < -0.3 is 4.74 Å². The van der Waals surface area contributed by atoms with E-state index in [4.69, 9.17) is 4.74 Å². The van der Waals surface area contributed by atoms with Crippen LogP contribution in [0.4, 0.5) is 4.39 Å². The van der Waals surface area contributed by atoms with Crippen molar-refractivity contribution in [1.82, 2.24) is 14.6 Å². The number of benzene rings is 1. The maximum Gasteiger partial charge on any atom is 0.163 e. The molecule has 5 heteroatoms. The fourth-order valence-electron chi connectivity index (χ4n) is 2.14. The minimum Gasteiger partial charge on any atom is -0.497 e. The molecule has 3 aromatic rings. The third kappa shape index (κ3) is 1.83. The Bertz CT molecular complexity index is 752. The van der Waals surface area contributed by atoms with Crippen LogP contribution in [-0.2, 0) is 0 Å². The molecule has 0 radical (unpaired) electrons. The molecule has 96 valence electrons. The van der Waals surface area contributed by atoms with Crippen LogP contribution in [0, 0.1) is 12.7 Å². The van der Waals surface area contributed by atoms with Crippen molar-refractivity contribution < 1.29 is 9.13 Å². The van der Waals surface area contributed by atoms with Crippen molar-refractivity contribution in [1.29, 1.82) is 0 Å². The van der Waals surface area contributed by atoms with Crippen molar-refractivity contribution in [3.8, 4) is 16.9 Å². The van der Waals surface area contributed by atoms with Crippen molar-refractivity contribution in [2.45, 2.75) is 6.92 Å². The van der Waals surface area contributed by atoms with Gasteiger partial charge in [0.1, 0.15) is 11.6 Å². The molecule has 4 nitrogen and oxygen atoms in total. The Morgan fingerprint density at radius 2 is 2.16 bits per heavy atom. The van der Waals surface area contributed by atoms with Crippen LogP contribution in [0.1, 0.15) is 5.69 Å². The van der Waals surface area contributed by atoms with Gasteiger partial charge in [-0.3, -0.25) is 0 Å². The quantitative estimate of drug-likeness (QED) is 0.708. The molecular formula is C14H12FN3O. The maximum absolute atomic E-state index is 14.2. The topological polar surface area (TPSA) is 39.4 Å². The molecule has 0 aliphatic heterocycles. The molecule has 2 aromatic heterocycles. The van der Waals surface area contributed by atoms with Crippen LogP contribution in [0.2, 0.25) is 0 Å². The summed E-state index contributed by atoms with van der Waals surface area (Å²) in [6.45, 7) is 1.84. The number of fused-ring (bicyclic) bond motifs is 1. The fourth-order valence-corrected chi connectivity index (χ4v) is 2.14. The van der Waals surface area contributed by atoms with E-state index in [-0.39, 0.29) is 5.82 Å². The lowest BCUT2D eigenvalue weighted by atomic mass is 10.1. The van der Waals surface area contributed by atoms with Crippen molar-refractivity contribution in [2.24, 2.45) is 0 Å². The van der Waals surface area contributed by atoms with Crippen molar-refractivity contribution >= 4 is 5.65 Å². The number of nitrogens with zero attached hydrogens (tertiary/aromatic N) is 3. The van der Waals surface area contributed by atoms with Crippen LogP contribution in [0.25, 0.3) is 16.8 Å². The summed E-state index contributed by atoms with van der Waals surface area (Å²) in [6, 6.07) is 6.56. The Kier molecular flexibility index (Phi) is 2.67. The van der Waals surface area contributed by atoms with Crippen LogP contribution in [0.5, 0.6) is 5.75 Å². The Labute approximate surface area is 109 Å². The van der Waals surface area contributed by atoms with Gasteiger partial charge in [-0.15, -0.1) is 0 Å². The first-order valence-corrected chi connectivity index (χ1v) is 5.84. The smallest absolute Gasteiger partial charge is 0.163 e. The molecule has 0 unspecified atom stereocenters. The summed E-state index contributed by atoms with van der Waals surface area (Å²) in [5.74, 6) is 0.145. The second-order valence-electron chi connectivity index (χ2n) is 4.19. The van der Waals surface area contributed by atoms with Crippen LogP contribution in [0.15, 0.2) is 36.7 Å². The van der Waals surface area contributed by atoms with Crippen molar-refractivity contribution in [3.63, 3.8) is 0 Å². The number of methoxy groups -OCH3 is 1. The number of aryl methyl sites for hydroxylation is 1. The molecule has 0 amide bonds. The first kappa shape index (κ1) is 11.6. The maximum atomic E-state index is 14.2. The average molecular weight is 257 g/mol. The summed E-state index contributed by atoms with van der Waals surface area (Å²) in [4.78, 5) is 4.26. The summed E-state index contributed by atoms with van der Waals surface area (Å²) in [5, 5.41) is 4.33. The molecule has 3 rings (SSSR count). The van der Waals surface area contributed by atoms with E-state index in [1.165, 1.54) is 13.2 Å². The highest BCUT2D eigenvalue weighted by Gasteiger charge is 2.16. The molecule has 0 saturated heterocycles. The number of hydrogen-bond donors (Lipinski definition) is 0. The van der Waals surface area contributed by atoms with E-state index in [1.807, 2.05) is 6.92 Å². The fraction of sp³-hybridized carbons (Fsp3) is 0.143. The molecule has 0 aliphatic rings. The Morgan fingerprint density at radius 1 is 1.32 bits per heavy atom. The predicted octanol–water partition coefficient (Wildman–Crippen LogP) is 2.85. The lowest BCUT2D eigenvalue weighted by Gasteiger charge is -2.05. The van der Waals surface area contributed by atoms with E-state index in [0.717, 1.165) is 5.69 Å². The third-order valence-electron chi connectivity index (χ3n) is 3.02. The highest BCUT2D eigenvalue weighted by Crippen LogP contribution is 2.31. The van der Waals surface area contributed by atoms with Gasteiger partial charge in [-0.2, -0.15) is 5.10 Å². The molecule has 0 saturated carbocycles. The molecule has 0 spiro atoms. The lowest BCUT2D eigenvalue weighted by molar-refractivity contribution is 0.411. The molecule has 2 heterocycles. The second kappa shape index (κ2) is 4.35. The van der Waals surface area contributed by atoms with Gasteiger partial charge in [-0.25, -0.2) is 13.9 Å². The van der Waals surface area contributed by atoms with E-state index in [1.54, 1.807) is 35.1 Å². The zero-order chi connectivity index (χ0) is 13.4. The van der Waals surface area contributed by atoms with E-state index in [2.05, 4.69) is 10.1 Å². The zero-order valence-corrected chi connectivity index (χ0v) is 10.6. The summed E-state index contributed by atoms with van der Waals surface area (Å²) in [6.07, 6.45) is 3.46. The summed E-state index contributed by atoms with van der Waals surface area (Å²) < 4.78 is 20.8. The first-order valence-electron chi connectivity index (χ1n) is 5.84. The first-order chi connectivity index (χ1) is 9.20. The van der Waals surface area contributed by atoms with E-state index in [9.17, 15) is 4.39 Å². The molecule has 19 heavy (non-hydrogen) atoms. The Hall–Kier alpha value is -2.43. The highest BCUT2D eigenvalue weighted by atomic mass is 19.1. The van der Waals surface area contributed by atoms with Gasteiger partial charge in [-0.1, -0.05) is 0 Å². The normalized spacial score (nSPS) is 10.9. The highest BCUT2D eigenvalue weighted by molar-refractivity contribution is 5.80. The molecule has 0 atom stereocenters. The van der Waals surface area contributed by atoms with Gasteiger partial charge in [0.2, 0.25) is 0 Å². The van der Waals surface area contributed by atoms with E-state index >= 15 is 0 Å². The van der Waals surface area contributed by atoms with Crippen molar-refractivity contribution in [3.05, 3.63) is 48.2 Å². The van der Waals surface area contributed by atoms with Gasteiger partial charge in [-0.05, 0) is 25.1 Å². The van der Waals surface area contributed by atoms with Gasteiger partial charge in [0.25, 0.3) is 0 Å². The van der Waals surface area contributed by atoms with Crippen LogP contribution in [0.3, 0.4) is 0 Å². The number of halogens is 1. The monoisotopic (exact) mass is 257 g/mol. The predicted molar refractivity (Wildman–Crippen MR) is 69.7 cm³/mol. The summed E-state index contributed by atoms with van der Waals surface area (Å²) in [5.41, 5.74) is 2.57. The number of aromatic nitrogens is 3. The lowest BCUT2D eigenvalue weighted by Crippen LogP contribution is -1.90. The summed E-state index contributed by atoms with van der Waals surface area (Å²) >= 11 is 0. The minimum absolute atomic E-state index is 0.344. The molecular weight excluding hydrogens is 245 g/mol. The van der Waals surface area contributed by atoms with Gasteiger partial charge in [0, 0.05) is 24.0 Å². The van der Waals surface area contributed by atoms with Crippen LogP contribution < -0.4 is 4.74 Å². The second-order valence-corrected chi connectivity index (χ2v) is 4.19. The standard InChI is InChI=1S/C14H12FN3O/c1-9-13(14-16-6-3-7-18(14)17-9)11-5-4-10(19-2)8-12(11)15/h3-8H,1-2H3. The average Bonchev–Trinajstić information content (AvgIpc) is 2.75. The molecule has 0 aliphatic carbocycles. The largest absolute Gasteiger partial charge is 0.497 e. The van der Waals surface area contributed by atoms with Gasteiger partial charge in [0.15, 0.2) is 5.65 Å². The van der Waals surface area contributed by atoms with Gasteiger partial charge in [0.05, 0.1) is 18.4 Å². The van der Waals surface area contributed by atoms with Crippen molar-refractivity contribution in [2.75, 3.05) is 7.11 Å². The van der Waals surface area contributed by atoms with Gasteiger partial charge >= 0.3 is 0 Å². The Balaban J connectivity index is 2.27. The zero-order valence-electron chi connectivity index (χ0n) is 10.6. The number of ether oxygens (including phenoxy) is 1. The molecule has 0 bridgehead atoms. The van der Waals surface area contributed by atoms with E-state index in [0.29, 0.717) is 22.5 Å². The minimum atomic E-state index is -0.344. The molecule has 0 fully saturated rings. The molecule has 1 aromatic carbocycles. The number of hydrogen-bond acceptors (Lipinski definition) is 3. The van der Waals surface area contributed by atoms with E-state index < -0.39 is 0 Å². The number of rotatable bonds is 2. The molecule has 0 N–H and O–H groups in total. The third-order valence-corrected chi connectivity index (χ3v) is 3.02. The summed E-state index contributed by atoms with van der Waals surface area (Å²) in [7, 11) is 1.51. The van der Waals surface area contributed by atoms with Crippen LogP contribution >= 0.6 is 0 Å².